The molecule has 1 amide bonds. The number of piperidine rings is 1. The van der Waals surface area contributed by atoms with Gasteiger partial charge in [-0.25, -0.2) is 4.79 Å². The molecule has 0 bridgehead atoms. The minimum atomic E-state index is -4.52. The minimum Gasteiger partial charge on any atom is -0.444 e. The molecule has 0 saturated carbocycles. The second-order valence-electron chi connectivity index (χ2n) is 7.54. The van der Waals surface area contributed by atoms with E-state index in [2.05, 4.69) is 15.5 Å². The molecule has 2 atom stereocenters. The van der Waals surface area contributed by atoms with Crippen LogP contribution >= 0.6 is 0 Å². The average molecular weight is 374 g/mol. The molecule has 1 N–H and O–H groups in total. The van der Waals surface area contributed by atoms with Gasteiger partial charge >= 0.3 is 12.3 Å². The van der Waals surface area contributed by atoms with E-state index in [0.717, 1.165) is 18.9 Å². The second kappa shape index (κ2) is 7.67. The molecule has 0 spiro atoms. The predicted molar refractivity (Wildman–Crippen MR) is 90.8 cm³/mol. The fourth-order valence-electron chi connectivity index (χ4n) is 2.98. The van der Waals surface area contributed by atoms with Gasteiger partial charge in [-0.1, -0.05) is 6.92 Å². The van der Waals surface area contributed by atoms with Gasteiger partial charge in [-0.2, -0.15) is 13.2 Å². The van der Waals surface area contributed by atoms with Crippen molar-refractivity contribution in [2.45, 2.75) is 58.4 Å². The van der Waals surface area contributed by atoms with Gasteiger partial charge in [-0.3, -0.25) is 0 Å². The molecule has 2 rings (SSSR count). The third kappa shape index (κ3) is 5.47. The summed E-state index contributed by atoms with van der Waals surface area (Å²) in [4.78, 5) is 13.8. The number of ether oxygens (including phenoxy) is 1. The van der Waals surface area contributed by atoms with E-state index in [4.69, 9.17) is 4.74 Å². The fraction of sp³-hybridized carbons (Fsp3) is 0.706. The Morgan fingerprint density at radius 2 is 2.00 bits per heavy atom. The first-order valence-corrected chi connectivity index (χ1v) is 8.62. The summed E-state index contributed by atoms with van der Waals surface area (Å²) in [5.41, 5.74) is -1.62. The van der Waals surface area contributed by atoms with Crippen LogP contribution in [0.2, 0.25) is 0 Å². The molecular formula is C17H25F3N4O2. The quantitative estimate of drug-likeness (QED) is 0.875. The first-order valence-electron chi connectivity index (χ1n) is 8.62. The lowest BCUT2D eigenvalue weighted by molar-refractivity contribution is -0.141. The van der Waals surface area contributed by atoms with E-state index in [1.165, 1.54) is 6.07 Å². The number of hydrogen-bond acceptors (Lipinski definition) is 5. The van der Waals surface area contributed by atoms with Gasteiger partial charge in [0.1, 0.15) is 5.60 Å². The van der Waals surface area contributed by atoms with Crippen LogP contribution in [0.5, 0.6) is 0 Å². The summed E-state index contributed by atoms with van der Waals surface area (Å²) in [5.74, 6) is 0.614. The number of anilines is 1. The maximum absolute atomic E-state index is 12.7. The summed E-state index contributed by atoms with van der Waals surface area (Å²) in [7, 11) is 0. The van der Waals surface area contributed by atoms with E-state index in [0.29, 0.717) is 18.9 Å². The highest BCUT2D eigenvalue weighted by molar-refractivity contribution is 5.67. The zero-order chi connectivity index (χ0) is 19.5. The van der Waals surface area contributed by atoms with Gasteiger partial charge in [0, 0.05) is 13.1 Å². The molecule has 1 aliphatic heterocycles. The molecule has 146 valence electrons. The van der Waals surface area contributed by atoms with Crippen molar-refractivity contribution in [3.63, 3.8) is 0 Å². The van der Waals surface area contributed by atoms with Crippen molar-refractivity contribution in [3.8, 4) is 0 Å². The summed E-state index contributed by atoms with van der Waals surface area (Å²) in [6, 6.07) is 2.16. The molecule has 2 heterocycles. The predicted octanol–water partition coefficient (Wildman–Crippen LogP) is 3.63. The topological polar surface area (TPSA) is 67.4 Å². The van der Waals surface area contributed by atoms with E-state index in [-0.39, 0.29) is 12.0 Å². The maximum Gasteiger partial charge on any atom is 0.435 e. The van der Waals surface area contributed by atoms with Gasteiger partial charge < -0.3 is 15.0 Å². The molecule has 2 unspecified atom stereocenters. The SMILES string of the molecule is CC1CCCN(c2ccc(C(F)(F)F)nn2)C1CNC(=O)OC(C)(C)C. The monoisotopic (exact) mass is 374 g/mol. The number of carbonyl (C=O) groups excluding carboxylic acids is 1. The number of hydrogen-bond donors (Lipinski definition) is 1. The lowest BCUT2D eigenvalue weighted by Crippen LogP contribution is -2.51. The Morgan fingerprint density at radius 1 is 1.31 bits per heavy atom. The van der Waals surface area contributed by atoms with Gasteiger partial charge in [0.15, 0.2) is 11.5 Å². The molecule has 9 heteroatoms. The van der Waals surface area contributed by atoms with E-state index in [9.17, 15) is 18.0 Å². The summed E-state index contributed by atoms with van der Waals surface area (Å²) in [5, 5.41) is 9.80. The molecule has 0 aliphatic carbocycles. The van der Waals surface area contributed by atoms with Crippen LogP contribution in [0, 0.1) is 5.92 Å². The Kier molecular flexibility index (Phi) is 5.98. The van der Waals surface area contributed by atoms with Gasteiger partial charge in [0.2, 0.25) is 0 Å². The zero-order valence-corrected chi connectivity index (χ0v) is 15.4. The number of alkyl carbamates (subject to hydrolysis) is 1. The number of nitrogens with one attached hydrogen (secondary N) is 1. The van der Waals surface area contributed by atoms with Crippen molar-refractivity contribution < 1.29 is 22.7 Å². The van der Waals surface area contributed by atoms with E-state index in [1.54, 1.807) is 20.8 Å². The maximum atomic E-state index is 12.7. The lowest BCUT2D eigenvalue weighted by Gasteiger charge is -2.40. The van der Waals surface area contributed by atoms with Crippen molar-refractivity contribution in [2.75, 3.05) is 18.0 Å². The van der Waals surface area contributed by atoms with Crippen molar-refractivity contribution in [1.82, 2.24) is 15.5 Å². The number of carbonyl (C=O) groups is 1. The van der Waals surface area contributed by atoms with Gasteiger partial charge in [0.05, 0.1) is 6.04 Å². The van der Waals surface area contributed by atoms with Gasteiger partial charge in [0.25, 0.3) is 0 Å². The first kappa shape index (κ1) is 20.3. The van der Waals surface area contributed by atoms with Crippen LogP contribution in [0.1, 0.15) is 46.2 Å². The van der Waals surface area contributed by atoms with Crippen molar-refractivity contribution >= 4 is 11.9 Å². The average Bonchev–Trinajstić information content (AvgIpc) is 2.51. The Bertz CT molecular complexity index is 614. The molecule has 1 aliphatic rings. The Balaban J connectivity index is 2.09. The third-order valence-corrected chi connectivity index (χ3v) is 4.21. The Labute approximate surface area is 151 Å². The number of nitrogens with zero attached hydrogens (tertiary/aromatic N) is 3. The van der Waals surface area contributed by atoms with Crippen LogP contribution in [0.4, 0.5) is 23.8 Å². The number of aromatic nitrogens is 2. The van der Waals surface area contributed by atoms with Crippen LogP contribution < -0.4 is 10.2 Å². The second-order valence-corrected chi connectivity index (χ2v) is 7.54. The largest absolute Gasteiger partial charge is 0.444 e. The molecule has 0 radical (unpaired) electrons. The van der Waals surface area contributed by atoms with Crippen LogP contribution in [0.3, 0.4) is 0 Å². The van der Waals surface area contributed by atoms with Gasteiger partial charge in [-0.15, -0.1) is 10.2 Å². The normalized spacial score (nSPS) is 21.4. The van der Waals surface area contributed by atoms with Crippen molar-refractivity contribution in [3.05, 3.63) is 17.8 Å². The lowest BCUT2D eigenvalue weighted by atomic mass is 9.90. The van der Waals surface area contributed by atoms with Crippen LogP contribution in [0.25, 0.3) is 0 Å². The van der Waals surface area contributed by atoms with Crippen LogP contribution in [-0.2, 0) is 10.9 Å². The molecule has 1 fully saturated rings. The number of rotatable bonds is 3. The molecule has 0 aromatic carbocycles. The number of amides is 1. The minimum absolute atomic E-state index is 0.0951. The highest BCUT2D eigenvalue weighted by Gasteiger charge is 2.34. The standard InChI is InChI=1S/C17H25F3N4O2/c1-11-6-5-9-24(12(11)10-21-15(25)26-16(2,3)4)14-8-7-13(22-23-14)17(18,19)20/h7-8,11-12H,5-6,9-10H2,1-4H3,(H,21,25). The highest BCUT2D eigenvalue weighted by atomic mass is 19.4. The molecule has 1 aromatic rings. The summed E-state index contributed by atoms with van der Waals surface area (Å²) in [6.45, 7) is 8.34. The molecule has 1 saturated heterocycles. The van der Waals surface area contributed by atoms with E-state index < -0.39 is 23.6 Å². The zero-order valence-electron chi connectivity index (χ0n) is 15.4. The fourth-order valence-corrected chi connectivity index (χ4v) is 2.98. The Hall–Kier alpha value is -2.06. The molecule has 1 aromatic heterocycles. The van der Waals surface area contributed by atoms with E-state index >= 15 is 0 Å². The summed E-state index contributed by atoms with van der Waals surface area (Å²) >= 11 is 0. The summed E-state index contributed by atoms with van der Waals surface area (Å²) in [6.07, 6.45) is -3.18. The molecule has 26 heavy (non-hydrogen) atoms. The van der Waals surface area contributed by atoms with Crippen LogP contribution in [-0.4, -0.2) is 41.0 Å². The smallest absolute Gasteiger partial charge is 0.435 e. The van der Waals surface area contributed by atoms with Crippen molar-refractivity contribution in [1.29, 1.82) is 0 Å². The third-order valence-electron chi connectivity index (χ3n) is 4.21. The van der Waals surface area contributed by atoms with Gasteiger partial charge in [-0.05, 0) is 51.7 Å². The number of alkyl halides is 3. The molecular weight excluding hydrogens is 349 g/mol. The summed E-state index contributed by atoms with van der Waals surface area (Å²) < 4.78 is 43.2. The van der Waals surface area contributed by atoms with Crippen molar-refractivity contribution in [2.24, 2.45) is 5.92 Å². The number of halogens is 3. The van der Waals surface area contributed by atoms with E-state index in [1.807, 2.05) is 11.8 Å². The first-order chi connectivity index (χ1) is 12.0. The van der Waals surface area contributed by atoms with Crippen LogP contribution in [0.15, 0.2) is 12.1 Å². The molecule has 6 nitrogen and oxygen atoms in total. The Morgan fingerprint density at radius 3 is 2.54 bits per heavy atom. The highest BCUT2D eigenvalue weighted by Crippen LogP contribution is 2.30.